The van der Waals surface area contributed by atoms with E-state index in [4.69, 9.17) is 23.7 Å². The van der Waals surface area contributed by atoms with Gasteiger partial charge in [0.1, 0.15) is 12.7 Å². The smallest absolute Gasteiger partial charge is 0.347 e. The number of nitrogens with zero attached hydrogens (tertiary/aromatic N) is 3. The van der Waals surface area contributed by atoms with E-state index in [0.717, 1.165) is 4.68 Å². The number of carbonyl (C=O) groups is 3. The predicted octanol–water partition coefficient (Wildman–Crippen LogP) is 1.97. The van der Waals surface area contributed by atoms with E-state index >= 15 is 0 Å². The highest BCUT2D eigenvalue weighted by Crippen LogP contribution is 2.34. The van der Waals surface area contributed by atoms with Crippen LogP contribution in [-0.2, 0) is 23.7 Å². The number of ether oxygens (including phenoxy) is 5. The minimum Gasteiger partial charge on any atom is -0.459 e. The molecule has 3 heterocycles. The number of anilines is 1. The molecule has 2 aliphatic rings. The predicted molar refractivity (Wildman–Crippen MR) is 164 cm³/mol. The average molecular weight is 643 g/mol. The van der Waals surface area contributed by atoms with Gasteiger partial charge in [-0.25, -0.2) is 19.2 Å². The van der Waals surface area contributed by atoms with Crippen LogP contribution in [0.25, 0.3) is 0 Å². The van der Waals surface area contributed by atoms with E-state index in [1.54, 1.807) is 71.6 Å². The standard InChI is InChI=1S/C33H30N4O10/c38-28-27(36-16-18-43-19-17-36)35-37(33(42)34-28)29-26(47-32(41)23-14-8-3-9-15-23)25(46-31(40)22-12-6-2-7-13-22)24(45-29)20-44-30(39)21-10-4-1-5-11-21/h1-15,24-26,29H,16-20H2,(H,34,38,42)/t24-,25-,26-,29+/m0/s1. The van der Waals surface area contributed by atoms with Crippen molar-refractivity contribution < 1.29 is 38.1 Å². The Morgan fingerprint density at radius 2 is 1.26 bits per heavy atom. The Morgan fingerprint density at radius 1 is 0.745 bits per heavy atom. The van der Waals surface area contributed by atoms with Gasteiger partial charge in [0.15, 0.2) is 18.4 Å². The second kappa shape index (κ2) is 14.2. The van der Waals surface area contributed by atoms with Crippen molar-refractivity contribution >= 4 is 23.7 Å². The fraction of sp³-hybridized carbons (Fsp3) is 0.273. The minimum atomic E-state index is -1.51. The topological polar surface area (TPSA) is 168 Å². The molecule has 3 aromatic carbocycles. The van der Waals surface area contributed by atoms with Crippen molar-refractivity contribution in [3.8, 4) is 0 Å². The maximum atomic E-state index is 13.4. The molecule has 0 radical (unpaired) electrons. The number of rotatable bonds is 9. The van der Waals surface area contributed by atoms with Gasteiger partial charge in [-0.15, -0.1) is 5.10 Å². The summed E-state index contributed by atoms with van der Waals surface area (Å²) in [5.74, 6) is -2.35. The SMILES string of the molecule is O=C(OC[C@@H]1O[C@@H](n2nc(N3CCOCC3)c(=O)[nH]c2=O)[C@@H](OC(=O)c2ccccc2)[C@H]1OC(=O)c1ccccc1)c1ccccc1. The molecule has 1 N–H and O–H groups in total. The van der Waals surface area contributed by atoms with Crippen LogP contribution in [0.2, 0.25) is 0 Å². The molecule has 2 aliphatic heterocycles. The third-order valence-electron chi connectivity index (χ3n) is 7.56. The van der Waals surface area contributed by atoms with Gasteiger partial charge in [-0.1, -0.05) is 54.6 Å². The molecule has 14 nitrogen and oxygen atoms in total. The molecule has 0 aliphatic carbocycles. The molecule has 242 valence electrons. The molecule has 0 saturated carbocycles. The Morgan fingerprint density at radius 3 is 1.81 bits per heavy atom. The van der Waals surface area contributed by atoms with E-state index in [0.29, 0.717) is 26.3 Å². The number of benzene rings is 3. The largest absolute Gasteiger partial charge is 0.459 e. The third kappa shape index (κ3) is 7.13. The highest BCUT2D eigenvalue weighted by Gasteiger charge is 2.52. The van der Waals surface area contributed by atoms with Gasteiger partial charge in [0.25, 0.3) is 5.56 Å². The van der Waals surface area contributed by atoms with E-state index < -0.39 is 60.3 Å². The molecule has 2 fully saturated rings. The molecule has 2 saturated heterocycles. The summed E-state index contributed by atoms with van der Waals surface area (Å²) in [6.45, 7) is 0.891. The Balaban J connectivity index is 1.39. The van der Waals surface area contributed by atoms with E-state index in [2.05, 4.69) is 10.1 Å². The normalized spacial score (nSPS) is 20.7. The van der Waals surface area contributed by atoms with Crippen LogP contribution >= 0.6 is 0 Å². The monoisotopic (exact) mass is 642 g/mol. The first-order valence-corrected chi connectivity index (χ1v) is 14.8. The molecule has 0 unspecified atom stereocenters. The lowest BCUT2D eigenvalue weighted by Gasteiger charge is -2.28. The van der Waals surface area contributed by atoms with Crippen molar-refractivity contribution in [1.29, 1.82) is 0 Å². The molecule has 4 aromatic rings. The molecule has 47 heavy (non-hydrogen) atoms. The van der Waals surface area contributed by atoms with Crippen LogP contribution in [-0.4, -0.2) is 83.9 Å². The van der Waals surface area contributed by atoms with Gasteiger partial charge in [0, 0.05) is 13.1 Å². The fourth-order valence-corrected chi connectivity index (χ4v) is 5.21. The molecule has 0 bridgehead atoms. The van der Waals surface area contributed by atoms with Gasteiger partial charge >= 0.3 is 23.6 Å². The first-order chi connectivity index (χ1) is 22.9. The lowest BCUT2D eigenvalue weighted by molar-refractivity contribution is -0.0698. The number of esters is 3. The van der Waals surface area contributed by atoms with Crippen molar-refractivity contribution in [2.75, 3.05) is 37.8 Å². The molecule has 14 heteroatoms. The Kier molecular flexibility index (Phi) is 9.50. The van der Waals surface area contributed by atoms with Crippen LogP contribution in [0.4, 0.5) is 5.82 Å². The number of hydrogen-bond acceptors (Lipinski definition) is 12. The van der Waals surface area contributed by atoms with Crippen LogP contribution in [0.15, 0.2) is 101 Å². The van der Waals surface area contributed by atoms with Gasteiger partial charge in [0.05, 0.1) is 29.9 Å². The van der Waals surface area contributed by atoms with Crippen molar-refractivity contribution in [2.24, 2.45) is 0 Å². The summed E-state index contributed by atoms with van der Waals surface area (Å²) < 4.78 is 29.7. The third-order valence-corrected chi connectivity index (χ3v) is 7.56. The first-order valence-electron chi connectivity index (χ1n) is 14.8. The van der Waals surface area contributed by atoms with E-state index in [1.165, 1.54) is 24.3 Å². The summed E-state index contributed by atoms with van der Waals surface area (Å²) in [5, 5.41) is 4.32. The summed E-state index contributed by atoms with van der Waals surface area (Å²) >= 11 is 0. The summed E-state index contributed by atoms with van der Waals surface area (Å²) in [5.41, 5.74) is -1.06. The van der Waals surface area contributed by atoms with Crippen LogP contribution in [0, 0.1) is 0 Å². The summed E-state index contributed by atoms with van der Waals surface area (Å²) in [7, 11) is 0. The lowest BCUT2D eigenvalue weighted by Crippen LogP contribution is -2.46. The van der Waals surface area contributed by atoms with E-state index in [-0.39, 0.29) is 22.5 Å². The molecular formula is C33H30N4O10. The zero-order chi connectivity index (χ0) is 32.8. The van der Waals surface area contributed by atoms with Crippen molar-refractivity contribution in [1.82, 2.24) is 14.8 Å². The lowest BCUT2D eigenvalue weighted by atomic mass is 10.1. The van der Waals surface area contributed by atoms with E-state index in [9.17, 15) is 24.0 Å². The van der Waals surface area contributed by atoms with Gasteiger partial charge < -0.3 is 28.6 Å². The summed E-state index contributed by atoms with van der Waals surface area (Å²) in [6, 6.07) is 24.3. The molecular weight excluding hydrogens is 612 g/mol. The number of carbonyl (C=O) groups excluding carboxylic acids is 3. The van der Waals surface area contributed by atoms with Gasteiger partial charge in [0.2, 0.25) is 5.82 Å². The highest BCUT2D eigenvalue weighted by molar-refractivity contribution is 5.91. The number of aromatic nitrogens is 3. The Bertz CT molecular complexity index is 1830. The van der Waals surface area contributed by atoms with Crippen molar-refractivity contribution in [3.63, 3.8) is 0 Å². The van der Waals surface area contributed by atoms with Gasteiger partial charge in [-0.3, -0.25) is 9.78 Å². The van der Waals surface area contributed by atoms with E-state index in [1.807, 2.05) is 0 Å². The average Bonchev–Trinajstić information content (AvgIpc) is 3.44. The van der Waals surface area contributed by atoms with Crippen LogP contribution in [0.3, 0.4) is 0 Å². The second-order valence-corrected chi connectivity index (χ2v) is 10.6. The number of nitrogens with one attached hydrogen (secondary N) is 1. The zero-order valence-electron chi connectivity index (χ0n) is 24.9. The molecule has 6 rings (SSSR count). The van der Waals surface area contributed by atoms with Crippen LogP contribution < -0.4 is 16.1 Å². The van der Waals surface area contributed by atoms with Crippen molar-refractivity contribution in [3.05, 3.63) is 129 Å². The summed E-state index contributed by atoms with van der Waals surface area (Å²) in [4.78, 5) is 69.6. The molecule has 0 spiro atoms. The van der Waals surface area contributed by atoms with Crippen molar-refractivity contribution in [2.45, 2.75) is 24.5 Å². The molecule has 1 aromatic heterocycles. The maximum Gasteiger partial charge on any atom is 0.347 e. The summed E-state index contributed by atoms with van der Waals surface area (Å²) in [6.07, 6.45) is -5.62. The maximum absolute atomic E-state index is 13.4. The van der Waals surface area contributed by atoms with Gasteiger partial charge in [-0.05, 0) is 36.4 Å². The Hall–Kier alpha value is -5.60. The van der Waals surface area contributed by atoms with Crippen LogP contribution in [0.5, 0.6) is 0 Å². The quantitative estimate of drug-likeness (QED) is 0.209. The minimum absolute atomic E-state index is 0.0820. The van der Waals surface area contributed by atoms with Gasteiger partial charge in [-0.2, -0.15) is 4.68 Å². The zero-order valence-corrected chi connectivity index (χ0v) is 24.9. The first kappa shape index (κ1) is 31.4. The Labute approximate surface area is 267 Å². The number of hydrogen-bond donors (Lipinski definition) is 1. The second-order valence-electron chi connectivity index (χ2n) is 10.6. The molecule has 4 atom stereocenters. The fourth-order valence-electron chi connectivity index (χ4n) is 5.21. The van der Waals surface area contributed by atoms with Crippen LogP contribution in [0.1, 0.15) is 37.3 Å². The number of aromatic amines is 1. The molecule has 0 amide bonds. The number of morpholine rings is 1. The highest BCUT2D eigenvalue weighted by atomic mass is 16.7. The number of H-pyrrole nitrogens is 1.